The Kier molecular flexibility index (Phi) is 5.71. The Balaban J connectivity index is 1.77. The van der Waals surface area contributed by atoms with E-state index in [0.717, 1.165) is 34.1 Å². The van der Waals surface area contributed by atoms with Crippen LogP contribution in [-0.4, -0.2) is 14.2 Å². The second kappa shape index (κ2) is 8.75. The van der Waals surface area contributed by atoms with Crippen LogP contribution in [0.4, 0.5) is 17.1 Å². The number of hydrogen-bond acceptors (Lipinski definition) is 3. The molecule has 0 bridgehead atoms. The molecule has 3 nitrogen and oxygen atoms in total. The number of hydrogen-bond donors (Lipinski definition) is 0. The third-order valence-electron chi connectivity index (χ3n) is 5.20. The van der Waals surface area contributed by atoms with Gasteiger partial charge in [0.25, 0.3) is 0 Å². The number of anilines is 3. The molecule has 0 aromatic heterocycles. The summed E-state index contributed by atoms with van der Waals surface area (Å²) in [5.74, 6) is 1.72. The zero-order chi connectivity index (χ0) is 20.9. The van der Waals surface area contributed by atoms with E-state index in [4.69, 9.17) is 9.47 Å². The molecule has 0 radical (unpaired) electrons. The quantitative estimate of drug-likeness (QED) is 0.346. The van der Waals surface area contributed by atoms with Crippen molar-refractivity contribution in [3.05, 3.63) is 103 Å². The summed E-state index contributed by atoms with van der Waals surface area (Å²) in [7, 11) is 3.38. The minimum absolute atomic E-state index is 0.837. The van der Waals surface area contributed by atoms with E-state index in [-0.39, 0.29) is 0 Å². The fourth-order valence-electron chi connectivity index (χ4n) is 3.61. The number of methoxy groups -OCH3 is 2. The van der Waals surface area contributed by atoms with Crippen LogP contribution in [0.15, 0.2) is 97.1 Å². The molecule has 4 rings (SSSR count). The van der Waals surface area contributed by atoms with Gasteiger partial charge < -0.3 is 14.4 Å². The maximum absolute atomic E-state index is 5.45. The van der Waals surface area contributed by atoms with Crippen molar-refractivity contribution >= 4 is 17.1 Å². The zero-order valence-corrected chi connectivity index (χ0v) is 17.5. The first-order chi connectivity index (χ1) is 14.7. The molecule has 0 atom stereocenters. The molecule has 0 heterocycles. The Morgan fingerprint density at radius 3 is 1.70 bits per heavy atom. The summed E-state index contributed by atoms with van der Waals surface area (Å²) in [5.41, 5.74) is 6.72. The fraction of sp³-hybridized carbons (Fsp3) is 0.111. The van der Waals surface area contributed by atoms with Crippen molar-refractivity contribution in [1.82, 2.24) is 0 Å². The number of aryl methyl sites for hydroxylation is 1. The summed E-state index contributed by atoms with van der Waals surface area (Å²) < 4.78 is 10.8. The van der Waals surface area contributed by atoms with Gasteiger partial charge in [0.2, 0.25) is 0 Å². The number of nitrogens with zero attached hydrogens (tertiary/aromatic N) is 1. The first-order valence-electron chi connectivity index (χ1n) is 9.94. The van der Waals surface area contributed by atoms with Crippen molar-refractivity contribution in [2.24, 2.45) is 0 Å². The highest BCUT2D eigenvalue weighted by molar-refractivity contribution is 5.79. The summed E-state index contributed by atoms with van der Waals surface area (Å²) in [6.07, 6.45) is 0. The Morgan fingerprint density at radius 1 is 0.567 bits per heavy atom. The van der Waals surface area contributed by atoms with Crippen molar-refractivity contribution in [2.45, 2.75) is 6.92 Å². The van der Waals surface area contributed by atoms with Crippen LogP contribution in [0.25, 0.3) is 11.1 Å². The highest BCUT2D eigenvalue weighted by Gasteiger charge is 2.14. The molecule has 4 aromatic carbocycles. The van der Waals surface area contributed by atoms with Gasteiger partial charge in [0.05, 0.1) is 14.2 Å². The lowest BCUT2D eigenvalue weighted by Crippen LogP contribution is -2.10. The van der Waals surface area contributed by atoms with Crippen molar-refractivity contribution < 1.29 is 9.47 Å². The Morgan fingerprint density at radius 2 is 1.13 bits per heavy atom. The van der Waals surface area contributed by atoms with E-state index in [0.29, 0.717) is 0 Å². The lowest BCUT2D eigenvalue weighted by molar-refractivity contribution is 0.412. The largest absolute Gasteiger partial charge is 0.497 e. The van der Waals surface area contributed by atoms with E-state index in [1.54, 1.807) is 14.2 Å². The van der Waals surface area contributed by atoms with Gasteiger partial charge >= 0.3 is 0 Å². The summed E-state index contributed by atoms with van der Waals surface area (Å²) in [6.45, 7) is 2.06. The van der Waals surface area contributed by atoms with Crippen molar-refractivity contribution in [1.29, 1.82) is 0 Å². The molecule has 0 amide bonds. The number of rotatable bonds is 6. The standard InChI is InChI=1S/C27H25NO2/c1-20-19-25(15-18-27(20)30-3)28(24-13-16-26(29-2)17-14-24)23-11-9-22(10-12-23)21-7-5-4-6-8-21/h4-19H,1-3H3. The van der Waals surface area contributed by atoms with Crippen LogP contribution in [0.5, 0.6) is 11.5 Å². The molecule has 0 fully saturated rings. The molecule has 150 valence electrons. The van der Waals surface area contributed by atoms with Gasteiger partial charge in [-0.05, 0) is 78.2 Å². The second-order valence-electron chi connectivity index (χ2n) is 7.10. The first kappa shape index (κ1) is 19.6. The summed E-state index contributed by atoms with van der Waals surface area (Å²) in [5, 5.41) is 0. The van der Waals surface area contributed by atoms with E-state index in [1.807, 2.05) is 24.3 Å². The third-order valence-corrected chi connectivity index (χ3v) is 5.20. The van der Waals surface area contributed by atoms with Crippen LogP contribution in [-0.2, 0) is 0 Å². The van der Waals surface area contributed by atoms with Crippen LogP contribution < -0.4 is 14.4 Å². The predicted molar refractivity (Wildman–Crippen MR) is 124 cm³/mol. The number of ether oxygens (including phenoxy) is 2. The van der Waals surface area contributed by atoms with Crippen molar-refractivity contribution in [3.63, 3.8) is 0 Å². The third kappa shape index (κ3) is 4.01. The van der Waals surface area contributed by atoms with Gasteiger partial charge in [0.15, 0.2) is 0 Å². The number of benzene rings is 4. The molecule has 0 aliphatic rings. The monoisotopic (exact) mass is 395 g/mol. The zero-order valence-electron chi connectivity index (χ0n) is 17.5. The molecule has 0 spiro atoms. The molecule has 0 aliphatic heterocycles. The molecule has 0 saturated carbocycles. The Bertz CT molecular complexity index is 1100. The van der Waals surface area contributed by atoms with Gasteiger partial charge in [0.1, 0.15) is 11.5 Å². The minimum Gasteiger partial charge on any atom is -0.497 e. The average molecular weight is 396 g/mol. The average Bonchev–Trinajstić information content (AvgIpc) is 2.81. The van der Waals surface area contributed by atoms with Crippen molar-refractivity contribution in [3.8, 4) is 22.6 Å². The maximum atomic E-state index is 5.45. The molecule has 30 heavy (non-hydrogen) atoms. The van der Waals surface area contributed by atoms with Crippen LogP contribution in [0, 0.1) is 6.92 Å². The molecule has 3 heteroatoms. The Hall–Kier alpha value is -3.72. The van der Waals surface area contributed by atoms with Crippen molar-refractivity contribution in [2.75, 3.05) is 19.1 Å². The van der Waals surface area contributed by atoms with Gasteiger partial charge in [-0.15, -0.1) is 0 Å². The predicted octanol–water partition coefficient (Wildman–Crippen LogP) is 7.15. The van der Waals surface area contributed by atoms with Gasteiger partial charge in [-0.3, -0.25) is 0 Å². The normalized spacial score (nSPS) is 10.5. The van der Waals surface area contributed by atoms with E-state index >= 15 is 0 Å². The first-order valence-corrected chi connectivity index (χ1v) is 9.94. The molecule has 0 N–H and O–H groups in total. The lowest BCUT2D eigenvalue weighted by Gasteiger charge is -2.26. The topological polar surface area (TPSA) is 21.7 Å². The summed E-state index contributed by atoms with van der Waals surface area (Å²) in [6, 6.07) is 33.4. The summed E-state index contributed by atoms with van der Waals surface area (Å²) in [4.78, 5) is 2.24. The van der Waals surface area contributed by atoms with Gasteiger partial charge in [0, 0.05) is 17.1 Å². The fourth-order valence-corrected chi connectivity index (χ4v) is 3.61. The molecular weight excluding hydrogens is 370 g/mol. The SMILES string of the molecule is COc1ccc(N(c2ccc(-c3ccccc3)cc2)c2ccc(OC)c(C)c2)cc1. The molecular formula is C27H25NO2. The smallest absolute Gasteiger partial charge is 0.121 e. The summed E-state index contributed by atoms with van der Waals surface area (Å²) >= 11 is 0. The van der Waals surface area contributed by atoms with E-state index in [1.165, 1.54) is 11.1 Å². The molecule has 0 saturated heterocycles. The van der Waals surface area contributed by atoms with Crippen LogP contribution >= 0.6 is 0 Å². The highest BCUT2D eigenvalue weighted by atomic mass is 16.5. The molecule has 4 aromatic rings. The van der Waals surface area contributed by atoms with Crippen LogP contribution in [0.1, 0.15) is 5.56 Å². The van der Waals surface area contributed by atoms with Gasteiger partial charge in [-0.25, -0.2) is 0 Å². The minimum atomic E-state index is 0.837. The van der Waals surface area contributed by atoms with Gasteiger partial charge in [-0.1, -0.05) is 42.5 Å². The van der Waals surface area contributed by atoms with Crippen LogP contribution in [0.2, 0.25) is 0 Å². The molecule has 0 unspecified atom stereocenters. The highest BCUT2D eigenvalue weighted by Crippen LogP contribution is 2.38. The van der Waals surface area contributed by atoms with E-state index in [9.17, 15) is 0 Å². The lowest BCUT2D eigenvalue weighted by atomic mass is 10.0. The maximum Gasteiger partial charge on any atom is 0.121 e. The van der Waals surface area contributed by atoms with Gasteiger partial charge in [-0.2, -0.15) is 0 Å². The van der Waals surface area contributed by atoms with E-state index < -0.39 is 0 Å². The molecule has 0 aliphatic carbocycles. The second-order valence-corrected chi connectivity index (χ2v) is 7.10. The Labute approximate surface area is 178 Å². The van der Waals surface area contributed by atoms with Crippen LogP contribution in [0.3, 0.4) is 0 Å². The van der Waals surface area contributed by atoms with E-state index in [2.05, 4.69) is 84.6 Å².